The first-order chi connectivity index (χ1) is 6.84. The third-order valence-corrected chi connectivity index (χ3v) is 6.28. The van der Waals surface area contributed by atoms with Gasteiger partial charge in [-0.1, -0.05) is 13.8 Å². The Balaban J connectivity index is 2.35. The molecule has 2 aliphatic carbocycles. The van der Waals surface area contributed by atoms with Crippen LogP contribution in [0.25, 0.3) is 0 Å². The van der Waals surface area contributed by atoms with Crippen LogP contribution in [-0.2, 0) is 0 Å². The molecule has 0 N–H and O–H groups in total. The maximum atomic E-state index is 9.01. The summed E-state index contributed by atoms with van der Waals surface area (Å²) in [4.78, 5) is 0. The average molecular weight is 243 g/mol. The highest BCUT2D eigenvalue weighted by atomic mass is 35.5. The van der Waals surface area contributed by atoms with Crippen LogP contribution in [-0.4, -0.2) is 4.33 Å². The van der Waals surface area contributed by atoms with Gasteiger partial charge in [0.15, 0.2) is 0 Å². The fraction of sp³-hybridized carbons (Fsp3) is 0.818. The van der Waals surface area contributed by atoms with Crippen LogP contribution in [0, 0.1) is 45.3 Å². The third kappa shape index (κ3) is 1.00. The Labute approximate surface area is 99.8 Å². The molecular weight excluding hydrogens is 231 g/mol. The molecule has 80 valence electrons. The lowest BCUT2D eigenvalue weighted by Gasteiger charge is -2.29. The van der Waals surface area contributed by atoms with Crippen molar-refractivity contribution in [2.75, 3.05) is 0 Å². The van der Waals surface area contributed by atoms with E-state index in [0.29, 0.717) is 12.8 Å². The molecule has 0 amide bonds. The number of hydrogen-bond acceptors (Lipinski definition) is 2. The number of rotatable bonds is 0. The topological polar surface area (TPSA) is 47.6 Å². The fourth-order valence-corrected chi connectivity index (χ4v) is 4.14. The van der Waals surface area contributed by atoms with Crippen LogP contribution in [0.15, 0.2) is 0 Å². The summed E-state index contributed by atoms with van der Waals surface area (Å²) < 4.78 is -0.777. The molecule has 4 atom stereocenters. The summed E-state index contributed by atoms with van der Waals surface area (Å²) in [6.07, 6.45) is 1.26. The maximum absolute atomic E-state index is 9.01. The molecule has 0 aliphatic heterocycles. The summed E-state index contributed by atoms with van der Waals surface area (Å²) in [6.45, 7) is 4.04. The Bertz CT molecular complexity index is 356. The smallest absolute Gasteiger partial charge is 0.130 e. The van der Waals surface area contributed by atoms with Crippen molar-refractivity contribution in [2.24, 2.45) is 22.7 Å². The van der Waals surface area contributed by atoms with E-state index in [9.17, 15) is 0 Å². The van der Waals surface area contributed by atoms with Crippen LogP contribution >= 0.6 is 23.2 Å². The van der Waals surface area contributed by atoms with Crippen LogP contribution in [0.3, 0.4) is 0 Å². The van der Waals surface area contributed by atoms with Crippen molar-refractivity contribution < 1.29 is 0 Å². The van der Waals surface area contributed by atoms with Gasteiger partial charge < -0.3 is 0 Å². The second-order valence-corrected chi connectivity index (χ2v) is 6.45. The summed E-state index contributed by atoms with van der Waals surface area (Å²) in [6, 6.07) is 4.40. The predicted molar refractivity (Wildman–Crippen MR) is 58.1 cm³/mol. The molecule has 0 heterocycles. The Morgan fingerprint density at radius 2 is 1.33 bits per heavy atom. The van der Waals surface area contributed by atoms with Crippen molar-refractivity contribution in [1.82, 2.24) is 0 Å². The second kappa shape index (κ2) is 2.82. The molecule has 0 saturated heterocycles. The van der Waals surface area contributed by atoms with E-state index in [1.807, 2.05) is 13.8 Å². The van der Waals surface area contributed by atoms with Crippen LogP contribution < -0.4 is 0 Å². The highest BCUT2D eigenvalue weighted by Crippen LogP contribution is 2.83. The lowest BCUT2D eigenvalue weighted by atomic mass is 9.70. The zero-order chi connectivity index (χ0) is 11.5. The standard InChI is InChI=1S/C11H12Cl2N2/c1-9-3-7(5-14)8(6-15)4-10(9,2)11(9,12)13/h7-8H,3-4H2,1-2H3/t7-,8+,9?,10?. The first-order valence-corrected chi connectivity index (χ1v) is 5.77. The fourth-order valence-electron chi connectivity index (χ4n) is 3.09. The molecule has 2 aliphatic rings. The van der Waals surface area contributed by atoms with Crippen molar-refractivity contribution in [1.29, 1.82) is 10.5 Å². The molecule has 2 nitrogen and oxygen atoms in total. The van der Waals surface area contributed by atoms with Crippen molar-refractivity contribution in [3.8, 4) is 12.1 Å². The second-order valence-electron chi connectivity index (χ2n) is 5.12. The summed E-state index contributed by atoms with van der Waals surface area (Å²) in [7, 11) is 0. The molecule has 2 fully saturated rings. The molecule has 0 bridgehead atoms. The monoisotopic (exact) mass is 242 g/mol. The van der Waals surface area contributed by atoms with E-state index in [2.05, 4.69) is 12.1 Å². The molecule has 2 rings (SSSR count). The molecule has 4 heteroatoms. The number of nitriles is 2. The van der Waals surface area contributed by atoms with Gasteiger partial charge in [0.25, 0.3) is 0 Å². The summed E-state index contributed by atoms with van der Waals surface area (Å²) >= 11 is 12.6. The van der Waals surface area contributed by atoms with Crippen molar-refractivity contribution in [2.45, 2.75) is 31.0 Å². The van der Waals surface area contributed by atoms with E-state index in [1.165, 1.54) is 0 Å². The van der Waals surface area contributed by atoms with Crippen LogP contribution in [0.4, 0.5) is 0 Å². The predicted octanol–water partition coefficient (Wildman–Crippen LogP) is 3.26. The van der Waals surface area contributed by atoms with E-state index >= 15 is 0 Å². The Hall–Kier alpha value is -0.440. The van der Waals surface area contributed by atoms with E-state index in [4.69, 9.17) is 33.7 Å². The zero-order valence-corrected chi connectivity index (χ0v) is 10.2. The molecule has 0 aromatic carbocycles. The molecule has 0 radical (unpaired) electrons. The van der Waals surface area contributed by atoms with Gasteiger partial charge in [-0.25, -0.2) is 0 Å². The number of alkyl halides is 2. The van der Waals surface area contributed by atoms with Crippen molar-refractivity contribution in [3.63, 3.8) is 0 Å². The highest BCUT2D eigenvalue weighted by molar-refractivity contribution is 6.52. The zero-order valence-electron chi connectivity index (χ0n) is 8.72. The van der Waals surface area contributed by atoms with Gasteiger partial charge in [0, 0.05) is 10.8 Å². The third-order valence-electron chi connectivity index (χ3n) is 4.61. The SMILES string of the molecule is CC12C[C@@H](C#N)[C@@H](C#N)CC1(C)C2(Cl)Cl. The minimum Gasteiger partial charge on any atom is -0.198 e. The van der Waals surface area contributed by atoms with Gasteiger partial charge in [0.05, 0.1) is 24.0 Å². The van der Waals surface area contributed by atoms with E-state index < -0.39 is 4.33 Å². The Morgan fingerprint density at radius 3 is 1.60 bits per heavy atom. The van der Waals surface area contributed by atoms with Crippen LogP contribution in [0.5, 0.6) is 0 Å². The first kappa shape index (κ1) is 11.1. The van der Waals surface area contributed by atoms with Crippen LogP contribution in [0.2, 0.25) is 0 Å². The first-order valence-electron chi connectivity index (χ1n) is 5.01. The minimum absolute atomic E-state index is 0.211. The van der Waals surface area contributed by atoms with Gasteiger partial charge in [-0.3, -0.25) is 0 Å². The number of hydrogen-bond donors (Lipinski definition) is 0. The molecule has 2 unspecified atom stereocenters. The Kier molecular flexibility index (Phi) is 2.08. The van der Waals surface area contributed by atoms with E-state index in [1.54, 1.807) is 0 Å². The number of halogens is 2. The van der Waals surface area contributed by atoms with Crippen LogP contribution in [0.1, 0.15) is 26.7 Å². The quantitative estimate of drug-likeness (QED) is 0.613. The number of fused-ring (bicyclic) bond motifs is 1. The van der Waals surface area contributed by atoms with Gasteiger partial charge >= 0.3 is 0 Å². The Morgan fingerprint density at radius 1 is 1.00 bits per heavy atom. The van der Waals surface area contributed by atoms with Gasteiger partial charge in [0.1, 0.15) is 4.33 Å². The maximum Gasteiger partial charge on any atom is 0.130 e. The lowest BCUT2D eigenvalue weighted by Crippen LogP contribution is -2.27. The summed E-state index contributed by atoms with van der Waals surface area (Å²) in [5.74, 6) is -0.458. The normalized spacial score (nSPS) is 51.1. The van der Waals surface area contributed by atoms with Gasteiger partial charge in [0.2, 0.25) is 0 Å². The largest absolute Gasteiger partial charge is 0.198 e. The van der Waals surface area contributed by atoms with E-state index in [0.717, 1.165) is 0 Å². The highest BCUT2D eigenvalue weighted by Gasteiger charge is 2.83. The average Bonchev–Trinajstić information content (AvgIpc) is 2.54. The number of nitrogens with zero attached hydrogens (tertiary/aromatic N) is 2. The lowest BCUT2D eigenvalue weighted by molar-refractivity contribution is 0.199. The molecular formula is C11H12Cl2N2. The molecule has 2 saturated carbocycles. The molecule has 0 spiro atoms. The van der Waals surface area contributed by atoms with E-state index in [-0.39, 0.29) is 22.7 Å². The minimum atomic E-state index is -0.777. The summed E-state index contributed by atoms with van der Waals surface area (Å²) in [5.41, 5.74) is -0.423. The van der Waals surface area contributed by atoms with Crippen molar-refractivity contribution >= 4 is 23.2 Å². The van der Waals surface area contributed by atoms with Crippen molar-refractivity contribution in [3.05, 3.63) is 0 Å². The molecule has 0 aromatic heterocycles. The molecule has 0 aromatic rings. The summed E-state index contributed by atoms with van der Waals surface area (Å²) in [5, 5.41) is 18.0. The van der Waals surface area contributed by atoms with Gasteiger partial charge in [-0.05, 0) is 12.8 Å². The van der Waals surface area contributed by atoms with Gasteiger partial charge in [-0.15, -0.1) is 23.2 Å². The molecule has 15 heavy (non-hydrogen) atoms. The van der Waals surface area contributed by atoms with Gasteiger partial charge in [-0.2, -0.15) is 10.5 Å².